The molecule has 0 saturated carbocycles. The number of anilines is 2. The number of carbonyl (C=O) groups excluding carboxylic acids is 1. The van der Waals surface area contributed by atoms with Gasteiger partial charge in [-0.2, -0.15) is 17.5 Å². The number of thiazole rings is 1. The zero-order valence-corrected chi connectivity index (χ0v) is 26.6. The van der Waals surface area contributed by atoms with Crippen LogP contribution in [-0.2, 0) is 19.6 Å². The van der Waals surface area contributed by atoms with Crippen LogP contribution in [0.4, 0.5) is 32.9 Å². The first kappa shape index (κ1) is 36.8. The molecule has 0 aliphatic carbocycles. The smallest absolute Gasteiger partial charge is 0.475 e. The van der Waals surface area contributed by atoms with E-state index in [1.165, 1.54) is 22.8 Å². The van der Waals surface area contributed by atoms with Crippen molar-refractivity contribution in [2.75, 3.05) is 63.6 Å². The molecule has 262 valence electrons. The molecule has 14 nitrogen and oxygen atoms in total. The van der Waals surface area contributed by atoms with Gasteiger partial charge >= 0.3 is 18.2 Å². The average molecular weight is 724 g/mol. The van der Waals surface area contributed by atoms with E-state index in [2.05, 4.69) is 25.2 Å². The predicted octanol–water partition coefficient (Wildman–Crippen LogP) is 2.63. The fourth-order valence-corrected chi connectivity index (χ4v) is 6.82. The summed E-state index contributed by atoms with van der Waals surface area (Å²) in [7, 11) is -3.81. The fourth-order valence-electron chi connectivity index (χ4n) is 4.55. The second-order valence-electron chi connectivity index (χ2n) is 10.3. The average Bonchev–Trinajstić information content (AvgIpc) is 3.41. The Bertz CT molecular complexity index is 1660. The number of aromatic nitrogens is 3. The molecule has 48 heavy (non-hydrogen) atoms. The Morgan fingerprint density at radius 1 is 1.08 bits per heavy atom. The third kappa shape index (κ3) is 9.52. The summed E-state index contributed by atoms with van der Waals surface area (Å²) in [4.78, 5) is 36.0. The SMILES string of the molecule is Nc1nc(NC2CCN(S(=O)(=O)c3cnc(OCCN4CCOCC4)nc3)CC2)sc1C(=O)c1c(F)cccc1F.O=C(O)C(F)(F)F. The van der Waals surface area contributed by atoms with Crippen LogP contribution in [0.1, 0.15) is 28.1 Å². The minimum atomic E-state index is -5.08. The minimum absolute atomic E-state index is 0.0272. The molecule has 0 atom stereocenters. The molecule has 21 heteroatoms. The maximum atomic E-state index is 14.1. The number of ketones is 1. The van der Waals surface area contributed by atoms with Crippen LogP contribution in [0.15, 0.2) is 35.5 Å². The fraction of sp³-hybridized carbons (Fsp3) is 0.444. The zero-order chi connectivity index (χ0) is 35.1. The number of nitrogen functional groups attached to an aromatic ring is 1. The minimum Gasteiger partial charge on any atom is -0.475 e. The van der Waals surface area contributed by atoms with Gasteiger partial charge < -0.3 is 25.6 Å². The van der Waals surface area contributed by atoms with E-state index in [-0.39, 0.29) is 40.7 Å². The molecule has 3 aromatic rings. The van der Waals surface area contributed by atoms with Crippen LogP contribution in [0.25, 0.3) is 0 Å². The number of rotatable bonds is 10. The van der Waals surface area contributed by atoms with Gasteiger partial charge in [0.1, 0.15) is 33.8 Å². The number of hydrogen-bond donors (Lipinski definition) is 3. The van der Waals surface area contributed by atoms with Crippen LogP contribution in [-0.4, -0.2) is 114 Å². The topological polar surface area (TPSA) is 190 Å². The number of halogens is 5. The summed E-state index contributed by atoms with van der Waals surface area (Å²) in [6.45, 7) is 4.59. The zero-order valence-electron chi connectivity index (χ0n) is 25.0. The van der Waals surface area contributed by atoms with Gasteiger partial charge in [0, 0.05) is 38.8 Å². The van der Waals surface area contributed by atoms with Crippen molar-refractivity contribution in [2.24, 2.45) is 0 Å². The van der Waals surface area contributed by atoms with Crippen LogP contribution in [0, 0.1) is 11.6 Å². The first-order valence-corrected chi connectivity index (χ1v) is 16.5. The number of carboxylic acids is 1. The van der Waals surface area contributed by atoms with Crippen molar-refractivity contribution in [3.8, 4) is 6.01 Å². The number of sulfonamides is 1. The molecule has 2 aliphatic heterocycles. The summed E-state index contributed by atoms with van der Waals surface area (Å²) in [6, 6.07) is 3.12. The van der Waals surface area contributed by atoms with Crippen molar-refractivity contribution in [3.05, 3.63) is 52.7 Å². The molecular weight excluding hydrogens is 693 g/mol. The molecule has 0 bridgehead atoms. The van der Waals surface area contributed by atoms with E-state index in [1.807, 2.05) is 0 Å². The molecule has 2 aromatic heterocycles. The number of morpholine rings is 1. The molecule has 4 N–H and O–H groups in total. The lowest BCUT2D eigenvalue weighted by Crippen LogP contribution is -2.42. The van der Waals surface area contributed by atoms with Crippen molar-refractivity contribution < 1.29 is 54.5 Å². The third-order valence-electron chi connectivity index (χ3n) is 7.06. The van der Waals surface area contributed by atoms with Crippen molar-refractivity contribution in [1.82, 2.24) is 24.2 Å². The van der Waals surface area contributed by atoms with Gasteiger partial charge in [-0.25, -0.2) is 36.9 Å². The number of piperidine rings is 1. The van der Waals surface area contributed by atoms with Gasteiger partial charge in [0.15, 0.2) is 5.13 Å². The maximum Gasteiger partial charge on any atom is 0.490 e. The van der Waals surface area contributed by atoms with Crippen LogP contribution >= 0.6 is 11.3 Å². The first-order chi connectivity index (χ1) is 22.7. The first-order valence-electron chi connectivity index (χ1n) is 14.2. The van der Waals surface area contributed by atoms with E-state index in [1.54, 1.807) is 0 Å². The van der Waals surface area contributed by atoms with Crippen LogP contribution < -0.4 is 15.8 Å². The van der Waals surface area contributed by atoms with E-state index < -0.39 is 45.2 Å². The van der Waals surface area contributed by atoms with Crippen LogP contribution in [0.2, 0.25) is 0 Å². The number of benzene rings is 1. The Kier molecular flexibility index (Phi) is 12.2. The second kappa shape index (κ2) is 15.9. The van der Waals surface area contributed by atoms with E-state index in [4.69, 9.17) is 25.1 Å². The maximum absolute atomic E-state index is 14.1. The number of hydrogen-bond acceptors (Lipinski definition) is 13. The lowest BCUT2D eigenvalue weighted by Gasteiger charge is -2.31. The van der Waals surface area contributed by atoms with Crippen molar-refractivity contribution in [3.63, 3.8) is 0 Å². The van der Waals surface area contributed by atoms with Crippen molar-refractivity contribution >= 4 is 44.1 Å². The van der Waals surface area contributed by atoms with Gasteiger partial charge in [-0.1, -0.05) is 17.4 Å². The monoisotopic (exact) mass is 723 g/mol. The van der Waals surface area contributed by atoms with Crippen molar-refractivity contribution in [1.29, 1.82) is 0 Å². The molecule has 0 amide bonds. The van der Waals surface area contributed by atoms with E-state index in [9.17, 15) is 35.2 Å². The summed E-state index contributed by atoms with van der Waals surface area (Å²) in [5, 5.41) is 10.6. The summed E-state index contributed by atoms with van der Waals surface area (Å²) in [6.07, 6.45) is -1.70. The summed E-state index contributed by atoms with van der Waals surface area (Å²) in [5.74, 6) is -5.75. The number of ether oxygens (including phenoxy) is 2. The Morgan fingerprint density at radius 2 is 1.67 bits per heavy atom. The number of nitrogens with zero attached hydrogens (tertiary/aromatic N) is 5. The molecule has 4 heterocycles. The van der Waals surface area contributed by atoms with Crippen LogP contribution in [0.5, 0.6) is 6.01 Å². The highest BCUT2D eigenvalue weighted by molar-refractivity contribution is 7.89. The number of nitrogens with one attached hydrogen (secondary N) is 1. The van der Waals surface area contributed by atoms with E-state index >= 15 is 0 Å². The van der Waals surface area contributed by atoms with Gasteiger partial charge in [0.2, 0.25) is 15.8 Å². The second-order valence-corrected chi connectivity index (χ2v) is 13.2. The highest BCUT2D eigenvalue weighted by Crippen LogP contribution is 2.31. The summed E-state index contributed by atoms with van der Waals surface area (Å²) >= 11 is 0.893. The number of nitrogens with two attached hydrogens (primary N) is 1. The van der Waals surface area contributed by atoms with Gasteiger partial charge in [0.25, 0.3) is 0 Å². The summed E-state index contributed by atoms with van der Waals surface area (Å²) in [5.41, 5.74) is 5.19. The lowest BCUT2D eigenvalue weighted by molar-refractivity contribution is -0.192. The third-order valence-corrected chi connectivity index (χ3v) is 9.91. The molecule has 2 aliphatic rings. The van der Waals surface area contributed by atoms with E-state index in [0.29, 0.717) is 44.3 Å². The number of carbonyl (C=O) groups is 2. The standard InChI is InChI=1S/C25H29F2N7O5S2.C2HF3O2/c26-18-2-1-3-19(27)20(18)21(35)22-23(28)32-25(40-22)31-16-4-6-34(7-5-16)41(36,37)17-14-29-24(30-15-17)39-13-10-33-8-11-38-12-9-33;3-2(4,5)1(6)7/h1-3,14-16H,4-13,28H2,(H,31,32);(H,6,7). The molecule has 0 unspecified atom stereocenters. The highest BCUT2D eigenvalue weighted by Gasteiger charge is 2.38. The predicted molar refractivity (Wildman–Crippen MR) is 160 cm³/mol. The Balaban J connectivity index is 0.000000671. The normalized spacial score (nSPS) is 16.5. The quantitative estimate of drug-likeness (QED) is 0.205. The van der Waals surface area contributed by atoms with Crippen molar-refractivity contribution in [2.45, 2.75) is 30.0 Å². The molecule has 2 fully saturated rings. The number of carboxylic acid groups (broad SMARTS) is 1. The molecule has 2 saturated heterocycles. The summed E-state index contributed by atoms with van der Waals surface area (Å²) < 4.78 is 98.4. The lowest BCUT2D eigenvalue weighted by atomic mass is 10.1. The Labute approximate surface area is 274 Å². The Morgan fingerprint density at radius 3 is 2.23 bits per heavy atom. The van der Waals surface area contributed by atoms with Gasteiger partial charge in [0.05, 0.1) is 31.2 Å². The molecule has 0 spiro atoms. The number of alkyl halides is 3. The Hall–Kier alpha value is -4.05. The highest BCUT2D eigenvalue weighted by atomic mass is 32.2. The van der Waals surface area contributed by atoms with Crippen LogP contribution in [0.3, 0.4) is 0 Å². The molecular formula is C27H30F5N7O7S2. The van der Waals surface area contributed by atoms with Gasteiger partial charge in [-0.3, -0.25) is 9.69 Å². The molecule has 5 rings (SSSR count). The van der Waals surface area contributed by atoms with Gasteiger partial charge in [-0.15, -0.1) is 0 Å². The molecule has 1 aromatic carbocycles. The van der Waals surface area contributed by atoms with Gasteiger partial charge in [-0.05, 0) is 25.0 Å². The number of aliphatic carboxylic acids is 1. The molecule has 0 radical (unpaired) electrons. The van der Waals surface area contributed by atoms with E-state index in [0.717, 1.165) is 36.6 Å². The largest absolute Gasteiger partial charge is 0.490 e.